The Morgan fingerprint density at radius 2 is 2.04 bits per heavy atom. The molecule has 1 unspecified atom stereocenters. The third-order valence-corrected chi connectivity index (χ3v) is 4.93. The predicted octanol–water partition coefficient (Wildman–Crippen LogP) is 2.15. The number of pyridine rings is 2. The maximum absolute atomic E-state index is 11.4. The van der Waals surface area contributed by atoms with E-state index in [9.17, 15) is 4.79 Å². The van der Waals surface area contributed by atoms with E-state index in [0.29, 0.717) is 24.8 Å². The van der Waals surface area contributed by atoms with Gasteiger partial charge in [-0.3, -0.25) is 9.69 Å². The van der Waals surface area contributed by atoms with E-state index in [4.69, 9.17) is 14.2 Å². The Bertz CT molecular complexity index is 814. The van der Waals surface area contributed by atoms with Gasteiger partial charge in [0.05, 0.1) is 5.69 Å². The third kappa shape index (κ3) is 3.67. The number of hydrogen-bond acceptors (Lipinski definition) is 6. The van der Waals surface area contributed by atoms with Gasteiger partial charge in [0.1, 0.15) is 25.1 Å². The van der Waals surface area contributed by atoms with Crippen molar-refractivity contribution in [3.05, 3.63) is 46.5 Å². The van der Waals surface area contributed by atoms with Crippen molar-refractivity contribution in [3.8, 4) is 17.4 Å². The summed E-state index contributed by atoms with van der Waals surface area (Å²) in [5, 5.41) is 0. The van der Waals surface area contributed by atoms with Gasteiger partial charge in [0.2, 0.25) is 0 Å². The Kier molecular flexibility index (Phi) is 4.79. The summed E-state index contributed by atoms with van der Waals surface area (Å²) in [6.07, 6.45) is 3.58. The highest BCUT2D eigenvalue weighted by Gasteiger charge is 2.26. The largest absolute Gasteiger partial charge is 0.490 e. The number of hydrogen-bond donors (Lipinski definition) is 1. The standard InChI is InChI=1S/C19H23N3O4/c1-13(16-2-3-17-19(21-16)25-11-10-24-17)22-8-5-14(6-9-22)26-15-4-7-20-18(23)12-15/h2-4,7,12-14H,5-6,8-11H2,1H3,(H,20,23). The van der Waals surface area contributed by atoms with Crippen LogP contribution in [0, 0.1) is 0 Å². The fourth-order valence-corrected chi connectivity index (χ4v) is 3.44. The smallest absolute Gasteiger partial charge is 0.257 e. The van der Waals surface area contributed by atoms with Crippen LogP contribution >= 0.6 is 0 Å². The molecule has 7 heteroatoms. The lowest BCUT2D eigenvalue weighted by atomic mass is 10.0. The molecule has 0 spiro atoms. The fraction of sp³-hybridized carbons (Fsp3) is 0.474. The first-order valence-corrected chi connectivity index (χ1v) is 9.05. The highest BCUT2D eigenvalue weighted by molar-refractivity contribution is 5.36. The molecule has 26 heavy (non-hydrogen) atoms. The summed E-state index contributed by atoms with van der Waals surface area (Å²) in [5.41, 5.74) is 0.849. The molecule has 2 aliphatic rings. The van der Waals surface area contributed by atoms with Gasteiger partial charge >= 0.3 is 0 Å². The van der Waals surface area contributed by atoms with Crippen molar-refractivity contribution in [1.29, 1.82) is 0 Å². The van der Waals surface area contributed by atoms with E-state index in [1.807, 2.05) is 12.1 Å². The number of nitrogens with one attached hydrogen (secondary N) is 1. The van der Waals surface area contributed by atoms with Crippen LogP contribution in [0.4, 0.5) is 0 Å². The van der Waals surface area contributed by atoms with Gasteiger partial charge in [0.15, 0.2) is 5.75 Å². The van der Waals surface area contributed by atoms with Crippen molar-refractivity contribution in [2.75, 3.05) is 26.3 Å². The molecule has 2 aliphatic heterocycles. The first-order chi connectivity index (χ1) is 12.7. The normalized spacial score (nSPS) is 19.1. The molecule has 2 aromatic heterocycles. The van der Waals surface area contributed by atoms with Gasteiger partial charge in [-0.25, -0.2) is 4.98 Å². The highest BCUT2D eigenvalue weighted by atomic mass is 16.6. The monoisotopic (exact) mass is 357 g/mol. The molecule has 0 radical (unpaired) electrons. The first-order valence-electron chi connectivity index (χ1n) is 9.05. The summed E-state index contributed by atoms with van der Waals surface area (Å²) in [4.78, 5) is 21.0. The van der Waals surface area contributed by atoms with Crippen molar-refractivity contribution >= 4 is 0 Å². The zero-order valence-corrected chi connectivity index (χ0v) is 14.8. The number of fused-ring (bicyclic) bond motifs is 1. The summed E-state index contributed by atoms with van der Waals surface area (Å²) in [6, 6.07) is 7.43. The minimum Gasteiger partial charge on any atom is -0.490 e. The molecular weight excluding hydrogens is 334 g/mol. The maximum Gasteiger partial charge on any atom is 0.257 e. The van der Waals surface area contributed by atoms with E-state index in [-0.39, 0.29) is 17.7 Å². The molecule has 1 atom stereocenters. The molecule has 0 amide bonds. The molecule has 1 fully saturated rings. The molecular formula is C19H23N3O4. The SMILES string of the molecule is CC(c1ccc2c(n1)OCCO2)N1CCC(Oc2cc[nH]c(=O)c2)CC1. The maximum atomic E-state index is 11.4. The van der Waals surface area contributed by atoms with E-state index >= 15 is 0 Å². The highest BCUT2D eigenvalue weighted by Crippen LogP contribution is 2.31. The number of nitrogens with zero attached hydrogens (tertiary/aromatic N) is 2. The quantitative estimate of drug-likeness (QED) is 0.903. The van der Waals surface area contributed by atoms with Gasteiger partial charge in [0, 0.05) is 31.4 Å². The number of aromatic nitrogens is 2. The van der Waals surface area contributed by atoms with Crippen LogP contribution < -0.4 is 19.8 Å². The van der Waals surface area contributed by atoms with Gasteiger partial charge in [-0.1, -0.05) is 0 Å². The molecule has 138 valence electrons. The lowest BCUT2D eigenvalue weighted by molar-refractivity contribution is 0.0780. The number of H-pyrrole nitrogens is 1. The van der Waals surface area contributed by atoms with Gasteiger partial charge in [0.25, 0.3) is 11.4 Å². The van der Waals surface area contributed by atoms with Crippen LogP contribution in [0.15, 0.2) is 35.3 Å². The average molecular weight is 357 g/mol. The van der Waals surface area contributed by atoms with Gasteiger partial charge in [-0.15, -0.1) is 0 Å². The summed E-state index contributed by atoms with van der Waals surface area (Å²) in [6.45, 7) is 5.12. The minimum absolute atomic E-state index is 0.133. The lowest BCUT2D eigenvalue weighted by Gasteiger charge is -2.36. The molecule has 4 heterocycles. The molecule has 2 aromatic rings. The minimum atomic E-state index is -0.141. The van der Waals surface area contributed by atoms with Crippen LogP contribution in [-0.4, -0.2) is 47.3 Å². The van der Waals surface area contributed by atoms with Crippen LogP contribution in [0.5, 0.6) is 17.4 Å². The molecule has 0 aromatic carbocycles. The average Bonchev–Trinajstić information content (AvgIpc) is 2.68. The van der Waals surface area contributed by atoms with E-state index < -0.39 is 0 Å². The van der Waals surface area contributed by atoms with Crippen molar-refractivity contribution in [1.82, 2.24) is 14.9 Å². The molecule has 1 saturated heterocycles. The summed E-state index contributed by atoms with van der Waals surface area (Å²) in [5.74, 6) is 1.94. The van der Waals surface area contributed by atoms with Crippen molar-refractivity contribution < 1.29 is 14.2 Å². The Labute approximate surface area is 151 Å². The second-order valence-electron chi connectivity index (χ2n) is 6.65. The second-order valence-corrected chi connectivity index (χ2v) is 6.65. The van der Waals surface area contributed by atoms with E-state index in [0.717, 1.165) is 37.4 Å². The molecule has 0 aliphatic carbocycles. The molecule has 0 saturated carbocycles. The van der Waals surface area contributed by atoms with Gasteiger partial charge in [-0.2, -0.15) is 0 Å². The van der Waals surface area contributed by atoms with Gasteiger partial charge in [-0.05, 0) is 38.0 Å². The van der Waals surface area contributed by atoms with Gasteiger partial charge < -0.3 is 19.2 Å². The number of ether oxygens (including phenoxy) is 3. The van der Waals surface area contributed by atoms with Crippen molar-refractivity contribution in [2.45, 2.75) is 31.9 Å². The van der Waals surface area contributed by atoms with Crippen LogP contribution in [0.3, 0.4) is 0 Å². The number of aromatic amines is 1. The molecule has 7 nitrogen and oxygen atoms in total. The van der Waals surface area contributed by atoms with Crippen LogP contribution in [0.1, 0.15) is 31.5 Å². The lowest BCUT2D eigenvalue weighted by Crippen LogP contribution is -2.40. The third-order valence-electron chi connectivity index (χ3n) is 4.93. The Balaban J connectivity index is 1.36. The van der Waals surface area contributed by atoms with Crippen molar-refractivity contribution in [2.24, 2.45) is 0 Å². The predicted molar refractivity (Wildman–Crippen MR) is 95.9 cm³/mol. The Morgan fingerprint density at radius 3 is 2.85 bits per heavy atom. The Morgan fingerprint density at radius 1 is 1.23 bits per heavy atom. The number of rotatable bonds is 4. The zero-order valence-electron chi connectivity index (χ0n) is 14.8. The molecule has 4 rings (SSSR count). The summed E-state index contributed by atoms with van der Waals surface area (Å²) >= 11 is 0. The van der Waals surface area contributed by atoms with E-state index in [1.54, 1.807) is 12.3 Å². The first kappa shape index (κ1) is 16.9. The number of likely N-dealkylation sites (tertiary alicyclic amines) is 1. The van der Waals surface area contributed by atoms with E-state index in [2.05, 4.69) is 21.8 Å². The Hall–Kier alpha value is -2.54. The fourth-order valence-electron chi connectivity index (χ4n) is 3.44. The molecule has 1 N–H and O–H groups in total. The molecule has 0 bridgehead atoms. The summed E-state index contributed by atoms with van der Waals surface area (Å²) < 4.78 is 17.1. The summed E-state index contributed by atoms with van der Waals surface area (Å²) in [7, 11) is 0. The zero-order chi connectivity index (χ0) is 17.9. The van der Waals surface area contributed by atoms with Crippen LogP contribution in [0.25, 0.3) is 0 Å². The second kappa shape index (κ2) is 7.37. The van der Waals surface area contributed by atoms with Crippen LogP contribution in [-0.2, 0) is 0 Å². The van der Waals surface area contributed by atoms with Crippen molar-refractivity contribution in [3.63, 3.8) is 0 Å². The topological polar surface area (TPSA) is 76.7 Å². The van der Waals surface area contributed by atoms with E-state index in [1.165, 1.54) is 6.07 Å². The van der Waals surface area contributed by atoms with Crippen LogP contribution in [0.2, 0.25) is 0 Å². The number of piperidine rings is 1.